The molecule has 1 aromatic rings. The van der Waals surface area contributed by atoms with Crippen molar-refractivity contribution in [2.45, 2.75) is 46.0 Å². The normalized spacial score (nSPS) is 13.7. The molecule has 2 unspecified atom stereocenters. The number of rotatable bonds is 9. The number of nitrogens with two attached hydrogens (primary N) is 1. The molecule has 3 heteroatoms. The van der Waals surface area contributed by atoms with E-state index in [2.05, 4.69) is 32.9 Å². The van der Waals surface area contributed by atoms with Gasteiger partial charge in [-0.25, -0.2) is 0 Å². The standard InChI is InChI=1S/C18H30N2O/c1-4-6-13-20(14-12-19)18(21)17(15(3)5-2)16-10-8-7-9-11-16/h7-11,15,17H,4-6,12-14,19H2,1-3H3. The smallest absolute Gasteiger partial charge is 0.230 e. The first kappa shape index (κ1) is 17.7. The SMILES string of the molecule is CCCCN(CCN)C(=O)C(c1ccccc1)C(C)CC. The molecule has 3 nitrogen and oxygen atoms in total. The molecule has 0 aliphatic rings. The quantitative estimate of drug-likeness (QED) is 0.757. The number of unbranched alkanes of at least 4 members (excludes halogenated alkanes) is 1. The Bertz CT molecular complexity index is 405. The molecular weight excluding hydrogens is 260 g/mol. The van der Waals surface area contributed by atoms with Gasteiger partial charge >= 0.3 is 0 Å². The number of carbonyl (C=O) groups is 1. The van der Waals surface area contributed by atoms with Crippen LogP contribution in [0.4, 0.5) is 0 Å². The Kier molecular flexibility index (Phi) is 8.06. The Morgan fingerprint density at radius 2 is 1.86 bits per heavy atom. The maximum atomic E-state index is 13.0. The van der Waals surface area contributed by atoms with Crippen molar-refractivity contribution >= 4 is 5.91 Å². The van der Waals surface area contributed by atoms with E-state index in [1.807, 2.05) is 23.1 Å². The zero-order valence-corrected chi connectivity index (χ0v) is 13.7. The fraction of sp³-hybridized carbons (Fsp3) is 0.611. The van der Waals surface area contributed by atoms with E-state index in [0.29, 0.717) is 19.0 Å². The number of hydrogen-bond donors (Lipinski definition) is 1. The zero-order valence-electron chi connectivity index (χ0n) is 13.7. The van der Waals surface area contributed by atoms with Gasteiger partial charge in [-0.3, -0.25) is 4.79 Å². The van der Waals surface area contributed by atoms with Gasteiger partial charge < -0.3 is 10.6 Å². The highest BCUT2D eigenvalue weighted by molar-refractivity contribution is 5.84. The van der Waals surface area contributed by atoms with Gasteiger partial charge in [-0.15, -0.1) is 0 Å². The summed E-state index contributed by atoms with van der Waals surface area (Å²) in [6.45, 7) is 8.44. The predicted octanol–water partition coefficient (Wildman–Crippen LogP) is 3.40. The van der Waals surface area contributed by atoms with Gasteiger partial charge in [0.1, 0.15) is 0 Å². The van der Waals surface area contributed by atoms with Crippen molar-refractivity contribution in [2.75, 3.05) is 19.6 Å². The third-order valence-corrected chi connectivity index (χ3v) is 4.13. The fourth-order valence-corrected chi connectivity index (χ4v) is 2.64. The highest BCUT2D eigenvalue weighted by Gasteiger charge is 2.29. The summed E-state index contributed by atoms with van der Waals surface area (Å²) in [5.74, 6) is 0.510. The van der Waals surface area contributed by atoms with Crippen LogP contribution in [0.2, 0.25) is 0 Å². The number of nitrogens with zero attached hydrogens (tertiary/aromatic N) is 1. The molecule has 0 fully saturated rings. The molecule has 0 aliphatic heterocycles. The van der Waals surface area contributed by atoms with Gasteiger partial charge in [0, 0.05) is 19.6 Å². The molecule has 1 rings (SSSR count). The summed E-state index contributed by atoms with van der Waals surface area (Å²) < 4.78 is 0. The van der Waals surface area contributed by atoms with Gasteiger partial charge in [-0.05, 0) is 17.9 Å². The highest BCUT2D eigenvalue weighted by Crippen LogP contribution is 2.29. The number of hydrogen-bond acceptors (Lipinski definition) is 2. The van der Waals surface area contributed by atoms with Gasteiger partial charge in [0.25, 0.3) is 0 Å². The van der Waals surface area contributed by atoms with Crippen LogP contribution in [-0.2, 0) is 4.79 Å². The minimum Gasteiger partial charge on any atom is -0.341 e. The highest BCUT2D eigenvalue weighted by atomic mass is 16.2. The Morgan fingerprint density at radius 1 is 1.19 bits per heavy atom. The minimum absolute atomic E-state index is 0.0559. The Balaban J connectivity index is 2.97. The Hall–Kier alpha value is -1.35. The summed E-state index contributed by atoms with van der Waals surface area (Å²) in [5, 5.41) is 0. The minimum atomic E-state index is -0.0559. The van der Waals surface area contributed by atoms with Crippen molar-refractivity contribution in [3.05, 3.63) is 35.9 Å². The van der Waals surface area contributed by atoms with Crippen LogP contribution in [0.1, 0.15) is 51.5 Å². The van der Waals surface area contributed by atoms with Gasteiger partial charge in [0.15, 0.2) is 0 Å². The largest absolute Gasteiger partial charge is 0.341 e. The topological polar surface area (TPSA) is 46.3 Å². The summed E-state index contributed by atoms with van der Waals surface area (Å²) >= 11 is 0. The summed E-state index contributed by atoms with van der Waals surface area (Å²) in [5.41, 5.74) is 6.81. The van der Waals surface area contributed by atoms with Crippen molar-refractivity contribution in [3.63, 3.8) is 0 Å². The summed E-state index contributed by atoms with van der Waals surface area (Å²) in [6.07, 6.45) is 3.12. The lowest BCUT2D eigenvalue weighted by Crippen LogP contribution is -2.40. The van der Waals surface area contributed by atoms with E-state index in [9.17, 15) is 4.79 Å². The maximum Gasteiger partial charge on any atom is 0.230 e. The number of carbonyl (C=O) groups excluding carboxylic acids is 1. The lowest BCUT2D eigenvalue weighted by atomic mass is 9.84. The van der Waals surface area contributed by atoms with E-state index in [0.717, 1.165) is 31.4 Å². The lowest BCUT2D eigenvalue weighted by molar-refractivity contribution is -0.134. The second-order valence-corrected chi connectivity index (χ2v) is 5.74. The van der Waals surface area contributed by atoms with Crippen LogP contribution >= 0.6 is 0 Å². The number of benzene rings is 1. The van der Waals surface area contributed by atoms with Crippen molar-refractivity contribution in [3.8, 4) is 0 Å². The monoisotopic (exact) mass is 290 g/mol. The van der Waals surface area contributed by atoms with Crippen LogP contribution in [0.5, 0.6) is 0 Å². The van der Waals surface area contributed by atoms with E-state index in [1.54, 1.807) is 0 Å². The average molecular weight is 290 g/mol. The molecule has 0 aromatic heterocycles. The molecule has 2 N–H and O–H groups in total. The molecule has 1 aromatic carbocycles. The molecule has 2 atom stereocenters. The van der Waals surface area contributed by atoms with Crippen LogP contribution in [-0.4, -0.2) is 30.4 Å². The first-order valence-corrected chi connectivity index (χ1v) is 8.19. The maximum absolute atomic E-state index is 13.0. The summed E-state index contributed by atoms with van der Waals surface area (Å²) in [4.78, 5) is 15.0. The average Bonchev–Trinajstić information content (AvgIpc) is 2.52. The van der Waals surface area contributed by atoms with Gasteiger partial charge in [0.05, 0.1) is 5.92 Å². The van der Waals surface area contributed by atoms with Crippen LogP contribution in [0.15, 0.2) is 30.3 Å². The van der Waals surface area contributed by atoms with Gasteiger partial charge in [-0.1, -0.05) is 63.9 Å². The molecule has 0 bridgehead atoms. The van der Waals surface area contributed by atoms with E-state index in [1.165, 1.54) is 0 Å². The first-order valence-electron chi connectivity index (χ1n) is 8.19. The van der Waals surface area contributed by atoms with E-state index < -0.39 is 0 Å². The third-order valence-electron chi connectivity index (χ3n) is 4.13. The fourth-order valence-electron chi connectivity index (χ4n) is 2.64. The molecule has 0 aliphatic carbocycles. The Labute approximate surface area is 129 Å². The van der Waals surface area contributed by atoms with Crippen LogP contribution in [0.3, 0.4) is 0 Å². The third kappa shape index (κ3) is 5.16. The molecular formula is C18H30N2O. The molecule has 0 saturated heterocycles. The molecule has 0 saturated carbocycles. The molecule has 118 valence electrons. The van der Waals surface area contributed by atoms with Gasteiger partial charge in [0.2, 0.25) is 5.91 Å². The van der Waals surface area contributed by atoms with Crippen LogP contribution in [0, 0.1) is 5.92 Å². The molecule has 0 spiro atoms. The van der Waals surface area contributed by atoms with Crippen molar-refractivity contribution in [1.29, 1.82) is 0 Å². The Morgan fingerprint density at radius 3 is 2.38 bits per heavy atom. The second kappa shape index (κ2) is 9.56. The molecule has 0 radical (unpaired) electrons. The lowest BCUT2D eigenvalue weighted by Gasteiger charge is -2.30. The summed E-state index contributed by atoms with van der Waals surface area (Å²) in [7, 11) is 0. The zero-order chi connectivity index (χ0) is 15.7. The van der Waals surface area contributed by atoms with E-state index in [4.69, 9.17) is 5.73 Å². The first-order chi connectivity index (χ1) is 10.2. The van der Waals surface area contributed by atoms with Crippen molar-refractivity contribution < 1.29 is 4.79 Å². The summed E-state index contributed by atoms with van der Waals surface area (Å²) in [6, 6.07) is 10.1. The van der Waals surface area contributed by atoms with E-state index >= 15 is 0 Å². The second-order valence-electron chi connectivity index (χ2n) is 5.74. The predicted molar refractivity (Wildman–Crippen MR) is 89.2 cm³/mol. The van der Waals surface area contributed by atoms with Crippen molar-refractivity contribution in [1.82, 2.24) is 4.90 Å². The van der Waals surface area contributed by atoms with E-state index in [-0.39, 0.29) is 11.8 Å². The van der Waals surface area contributed by atoms with Crippen LogP contribution in [0.25, 0.3) is 0 Å². The molecule has 1 amide bonds. The number of amides is 1. The van der Waals surface area contributed by atoms with Crippen LogP contribution < -0.4 is 5.73 Å². The van der Waals surface area contributed by atoms with Crippen molar-refractivity contribution in [2.24, 2.45) is 11.7 Å². The molecule has 0 heterocycles. The molecule has 21 heavy (non-hydrogen) atoms. The van der Waals surface area contributed by atoms with Gasteiger partial charge in [-0.2, -0.15) is 0 Å².